The molecule has 1 aromatic carbocycles. The van der Waals surface area contributed by atoms with Gasteiger partial charge < -0.3 is 10.1 Å². The van der Waals surface area contributed by atoms with Gasteiger partial charge in [0.2, 0.25) is 0 Å². The highest BCUT2D eigenvalue weighted by atomic mass is 16.5. The van der Waals surface area contributed by atoms with Gasteiger partial charge in [-0.15, -0.1) is 0 Å². The standard InChI is InChI=1S/C19H26N2O4/c1-12-8-13(2)10-15(9-12)18(23)25-11-17(22)21-19(24)20-16-7-5-4-6-14(16)3/h8-10,14,16H,4-7,11H2,1-3H3,(H2,20,21,22,24)/t14-,16-/m0/s1. The second-order valence-corrected chi connectivity index (χ2v) is 6.84. The molecule has 6 nitrogen and oxygen atoms in total. The summed E-state index contributed by atoms with van der Waals surface area (Å²) in [5, 5.41) is 5.03. The number of rotatable bonds is 4. The molecule has 0 unspecified atom stereocenters. The summed E-state index contributed by atoms with van der Waals surface area (Å²) in [6.07, 6.45) is 4.25. The molecule has 0 heterocycles. The van der Waals surface area contributed by atoms with Crippen LogP contribution in [-0.4, -0.2) is 30.6 Å². The van der Waals surface area contributed by atoms with E-state index in [1.54, 1.807) is 12.1 Å². The number of urea groups is 1. The number of imide groups is 1. The van der Waals surface area contributed by atoms with Crippen LogP contribution in [0, 0.1) is 19.8 Å². The summed E-state index contributed by atoms with van der Waals surface area (Å²) in [5.41, 5.74) is 2.28. The van der Waals surface area contributed by atoms with E-state index in [0.29, 0.717) is 11.5 Å². The van der Waals surface area contributed by atoms with Crippen molar-refractivity contribution in [2.75, 3.05) is 6.61 Å². The van der Waals surface area contributed by atoms with Crippen molar-refractivity contribution in [2.45, 2.75) is 52.5 Å². The van der Waals surface area contributed by atoms with E-state index in [0.717, 1.165) is 30.4 Å². The van der Waals surface area contributed by atoms with Gasteiger partial charge in [0.1, 0.15) is 0 Å². The number of carbonyl (C=O) groups is 3. The predicted molar refractivity (Wildman–Crippen MR) is 94.3 cm³/mol. The largest absolute Gasteiger partial charge is 0.452 e. The molecular weight excluding hydrogens is 320 g/mol. The molecule has 0 bridgehead atoms. The van der Waals surface area contributed by atoms with Gasteiger partial charge in [0.05, 0.1) is 5.56 Å². The van der Waals surface area contributed by atoms with Crippen LogP contribution in [0.4, 0.5) is 4.79 Å². The number of ether oxygens (including phenoxy) is 1. The summed E-state index contributed by atoms with van der Waals surface area (Å²) in [6.45, 7) is 5.37. The summed E-state index contributed by atoms with van der Waals surface area (Å²) in [7, 11) is 0. The van der Waals surface area contributed by atoms with E-state index in [1.807, 2.05) is 19.9 Å². The van der Waals surface area contributed by atoms with Crippen molar-refractivity contribution < 1.29 is 19.1 Å². The van der Waals surface area contributed by atoms with Crippen LogP contribution in [0.15, 0.2) is 18.2 Å². The molecule has 1 aliphatic rings. The highest BCUT2D eigenvalue weighted by molar-refractivity contribution is 5.97. The SMILES string of the molecule is Cc1cc(C)cc(C(=O)OCC(=O)NC(=O)N[C@H]2CCCC[C@@H]2C)c1. The van der Waals surface area contributed by atoms with Crippen LogP contribution in [0.25, 0.3) is 0 Å². The number of esters is 1. The van der Waals surface area contributed by atoms with E-state index in [1.165, 1.54) is 6.42 Å². The maximum atomic E-state index is 12.0. The Kier molecular flexibility index (Phi) is 6.56. The lowest BCUT2D eigenvalue weighted by atomic mass is 9.86. The lowest BCUT2D eigenvalue weighted by Crippen LogP contribution is -2.48. The average Bonchev–Trinajstić information content (AvgIpc) is 2.53. The van der Waals surface area contributed by atoms with Gasteiger partial charge in [0.15, 0.2) is 6.61 Å². The predicted octanol–water partition coefficient (Wildman–Crippen LogP) is 2.86. The maximum Gasteiger partial charge on any atom is 0.338 e. The summed E-state index contributed by atoms with van der Waals surface area (Å²) < 4.78 is 4.98. The summed E-state index contributed by atoms with van der Waals surface area (Å²) in [4.78, 5) is 35.7. The number of amides is 3. The van der Waals surface area contributed by atoms with Crippen LogP contribution < -0.4 is 10.6 Å². The van der Waals surface area contributed by atoms with E-state index in [-0.39, 0.29) is 6.04 Å². The van der Waals surface area contributed by atoms with E-state index in [2.05, 4.69) is 17.6 Å². The number of hydrogen-bond acceptors (Lipinski definition) is 4. The number of hydrogen-bond donors (Lipinski definition) is 2. The second kappa shape index (κ2) is 8.65. The zero-order valence-corrected chi connectivity index (χ0v) is 15.1. The lowest BCUT2D eigenvalue weighted by molar-refractivity contribution is -0.123. The van der Waals surface area contributed by atoms with Crippen LogP contribution >= 0.6 is 0 Å². The highest BCUT2D eigenvalue weighted by Crippen LogP contribution is 2.23. The fourth-order valence-electron chi connectivity index (χ4n) is 3.20. The molecule has 0 aromatic heterocycles. The topological polar surface area (TPSA) is 84.5 Å². The Morgan fingerprint density at radius 3 is 2.36 bits per heavy atom. The third-order valence-electron chi connectivity index (χ3n) is 4.47. The normalized spacial score (nSPS) is 19.8. The van der Waals surface area contributed by atoms with Crippen LogP contribution in [0.3, 0.4) is 0 Å². The molecular formula is C19H26N2O4. The molecule has 0 spiro atoms. The van der Waals surface area contributed by atoms with Crippen molar-refractivity contribution in [3.05, 3.63) is 34.9 Å². The monoisotopic (exact) mass is 346 g/mol. The Balaban J connectivity index is 1.77. The van der Waals surface area contributed by atoms with Gasteiger partial charge in [-0.3, -0.25) is 10.1 Å². The quantitative estimate of drug-likeness (QED) is 0.821. The number of carbonyl (C=O) groups excluding carboxylic acids is 3. The van der Waals surface area contributed by atoms with E-state index >= 15 is 0 Å². The Morgan fingerprint density at radius 1 is 1.08 bits per heavy atom. The van der Waals surface area contributed by atoms with Crippen LogP contribution in [0.5, 0.6) is 0 Å². The number of benzene rings is 1. The van der Waals surface area contributed by atoms with Crippen LogP contribution in [-0.2, 0) is 9.53 Å². The molecule has 2 N–H and O–H groups in total. The van der Waals surface area contributed by atoms with Crippen molar-refractivity contribution in [3.8, 4) is 0 Å². The zero-order valence-electron chi connectivity index (χ0n) is 15.1. The molecule has 1 aromatic rings. The maximum absolute atomic E-state index is 12.0. The molecule has 0 aliphatic heterocycles. The minimum Gasteiger partial charge on any atom is -0.452 e. The minimum absolute atomic E-state index is 0.0827. The van der Waals surface area contributed by atoms with Gasteiger partial charge in [-0.1, -0.05) is 37.0 Å². The van der Waals surface area contributed by atoms with Gasteiger partial charge in [-0.05, 0) is 44.7 Å². The zero-order chi connectivity index (χ0) is 18.4. The van der Waals surface area contributed by atoms with E-state index in [4.69, 9.17) is 4.74 Å². The number of aryl methyl sites for hydroxylation is 2. The first-order valence-corrected chi connectivity index (χ1v) is 8.71. The lowest BCUT2D eigenvalue weighted by Gasteiger charge is -2.29. The summed E-state index contributed by atoms with van der Waals surface area (Å²) in [6, 6.07) is 4.89. The molecule has 1 saturated carbocycles. The molecule has 0 saturated heterocycles. The summed E-state index contributed by atoms with van der Waals surface area (Å²) >= 11 is 0. The Labute approximate surface area is 148 Å². The van der Waals surface area contributed by atoms with Crippen molar-refractivity contribution in [1.29, 1.82) is 0 Å². The smallest absolute Gasteiger partial charge is 0.338 e. The van der Waals surface area contributed by atoms with Crippen molar-refractivity contribution in [2.24, 2.45) is 5.92 Å². The van der Waals surface area contributed by atoms with Crippen LogP contribution in [0.1, 0.15) is 54.1 Å². The molecule has 136 valence electrons. The molecule has 25 heavy (non-hydrogen) atoms. The van der Waals surface area contributed by atoms with E-state index < -0.39 is 24.5 Å². The molecule has 2 atom stereocenters. The van der Waals surface area contributed by atoms with Gasteiger partial charge >= 0.3 is 12.0 Å². The Morgan fingerprint density at radius 2 is 1.72 bits per heavy atom. The first-order chi connectivity index (χ1) is 11.8. The third-order valence-corrected chi connectivity index (χ3v) is 4.47. The third kappa shape index (κ3) is 5.89. The van der Waals surface area contributed by atoms with Crippen molar-refractivity contribution in [3.63, 3.8) is 0 Å². The molecule has 3 amide bonds. The van der Waals surface area contributed by atoms with Crippen molar-refractivity contribution in [1.82, 2.24) is 10.6 Å². The first-order valence-electron chi connectivity index (χ1n) is 8.71. The fraction of sp³-hybridized carbons (Fsp3) is 0.526. The van der Waals surface area contributed by atoms with Gasteiger partial charge in [0, 0.05) is 6.04 Å². The van der Waals surface area contributed by atoms with E-state index in [9.17, 15) is 14.4 Å². The highest BCUT2D eigenvalue weighted by Gasteiger charge is 2.23. The Bertz CT molecular complexity index is 637. The molecule has 1 aliphatic carbocycles. The molecule has 0 radical (unpaired) electrons. The van der Waals surface area contributed by atoms with Crippen LogP contribution in [0.2, 0.25) is 0 Å². The molecule has 6 heteroatoms. The first kappa shape index (κ1) is 19.0. The number of nitrogens with one attached hydrogen (secondary N) is 2. The Hall–Kier alpha value is -2.37. The van der Waals surface area contributed by atoms with Crippen molar-refractivity contribution >= 4 is 17.9 Å². The second-order valence-electron chi connectivity index (χ2n) is 6.84. The fourth-order valence-corrected chi connectivity index (χ4v) is 3.20. The molecule has 2 rings (SSSR count). The minimum atomic E-state index is -0.640. The average molecular weight is 346 g/mol. The van der Waals surface area contributed by atoms with Gasteiger partial charge in [-0.2, -0.15) is 0 Å². The summed E-state index contributed by atoms with van der Waals surface area (Å²) in [5.74, 6) is -0.820. The van der Waals surface area contributed by atoms with Gasteiger partial charge in [-0.25, -0.2) is 9.59 Å². The van der Waals surface area contributed by atoms with Gasteiger partial charge in [0.25, 0.3) is 5.91 Å². The molecule has 1 fully saturated rings.